The fourth-order valence-electron chi connectivity index (χ4n) is 2.33. The molecular formula is C14H19NO2. The summed E-state index contributed by atoms with van der Waals surface area (Å²) in [5.74, 6) is -0.261. The molecule has 17 heavy (non-hydrogen) atoms. The topological polar surface area (TPSA) is 29.5 Å². The summed E-state index contributed by atoms with van der Waals surface area (Å²) in [5, 5.41) is 0. The quantitative estimate of drug-likeness (QED) is 0.736. The smallest absolute Gasteiger partial charge is 0.337 e. The number of nitrogens with zero attached hydrogens (tertiary/aromatic N) is 1. The Morgan fingerprint density at radius 3 is 2.59 bits per heavy atom. The number of methoxy groups -OCH3 is 1. The first kappa shape index (κ1) is 12.0. The molecule has 1 fully saturated rings. The molecule has 2 rings (SSSR count). The van der Waals surface area contributed by atoms with E-state index in [9.17, 15) is 4.79 Å². The van der Waals surface area contributed by atoms with Crippen molar-refractivity contribution in [1.29, 1.82) is 0 Å². The second-order valence-electron chi connectivity index (χ2n) is 4.54. The Balaban J connectivity index is 2.28. The first-order valence-electron chi connectivity index (χ1n) is 6.16. The maximum absolute atomic E-state index is 11.5. The van der Waals surface area contributed by atoms with E-state index in [2.05, 4.69) is 11.8 Å². The van der Waals surface area contributed by atoms with E-state index in [1.165, 1.54) is 37.6 Å². The van der Waals surface area contributed by atoms with Crippen molar-refractivity contribution in [3.05, 3.63) is 29.3 Å². The molecule has 0 atom stereocenters. The van der Waals surface area contributed by atoms with Crippen LogP contribution >= 0.6 is 0 Å². The van der Waals surface area contributed by atoms with Crippen LogP contribution in [0.1, 0.15) is 35.2 Å². The van der Waals surface area contributed by atoms with Crippen molar-refractivity contribution in [2.24, 2.45) is 0 Å². The van der Waals surface area contributed by atoms with Crippen LogP contribution in [0.25, 0.3) is 0 Å². The van der Waals surface area contributed by atoms with Gasteiger partial charge in [0.25, 0.3) is 0 Å². The molecule has 0 N–H and O–H groups in total. The van der Waals surface area contributed by atoms with Crippen LogP contribution in [-0.4, -0.2) is 26.2 Å². The first-order chi connectivity index (χ1) is 8.22. The lowest BCUT2D eigenvalue weighted by Crippen LogP contribution is -2.30. The molecule has 0 radical (unpaired) electrons. The largest absolute Gasteiger partial charge is 0.465 e. The number of ether oxygens (including phenoxy) is 1. The predicted octanol–water partition coefficient (Wildman–Crippen LogP) is 2.77. The minimum Gasteiger partial charge on any atom is -0.465 e. The summed E-state index contributed by atoms with van der Waals surface area (Å²) < 4.78 is 4.76. The third kappa shape index (κ3) is 2.60. The van der Waals surface area contributed by atoms with Crippen molar-refractivity contribution in [3.63, 3.8) is 0 Å². The lowest BCUT2D eigenvalue weighted by Gasteiger charge is -2.30. The zero-order chi connectivity index (χ0) is 12.3. The summed E-state index contributed by atoms with van der Waals surface area (Å²) in [6.45, 7) is 4.27. The maximum Gasteiger partial charge on any atom is 0.337 e. The Morgan fingerprint density at radius 1 is 1.24 bits per heavy atom. The van der Waals surface area contributed by atoms with Crippen molar-refractivity contribution in [2.45, 2.75) is 26.2 Å². The van der Waals surface area contributed by atoms with Crippen LogP contribution < -0.4 is 4.90 Å². The highest BCUT2D eigenvalue weighted by atomic mass is 16.5. The zero-order valence-corrected chi connectivity index (χ0v) is 10.5. The molecule has 0 amide bonds. The monoisotopic (exact) mass is 233 g/mol. The number of anilines is 1. The number of aryl methyl sites for hydroxylation is 1. The van der Waals surface area contributed by atoms with Gasteiger partial charge in [0.15, 0.2) is 0 Å². The number of carbonyl (C=O) groups excluding carboxylic acids is 1. The molecule has 0 saturated carbocycles. The molecule has 0 unspecified atom stereocenters. The summed E-state index contributed by atoms with van der Waals surface area (Å²) >= 11 is 0. The molecule has 1 heterocycles. The molecule has 3 heteroatoms. The Labute approximate surface area is 102 Å². The van der Waals surface area contributed by atoms with E-state index in [0.717, 1.165) is 13.1 Å². The second-order valence-corrected chi connectivity index (χ2v) is 4.54. The lowest BCUT2D eigenvalue weighted by atomic mass is 10.1. The first-order valence-corrected chi connectivity index (χ1v) is 6.16. The second kappa shape index (κ2) is 5.21. The minimum absolute atomic E-state index is 0.261. The zero-order valence-electron chi connectivity index (χ0n) is 10.5. The van der Waals surface area contributed by atoms with Crippen molar-refractivity contribution in [2.75, 3.05) is 25.1 Å². The van der Waals surface area contributed by atoms with Crippen LogP contribution in [0.4, 0.5) is 5.69 Å². The molecule has 0 bridgehead atoms. The Kier molecular flexibility index (Phi) is 3.67. The van der Waals surface area contributed by atoms with Gasteiger partial charge in [-0.15, -0.1) is 0 Å². The molecule has 1 aromatic rings. The Bertz CT molecular complexity index is 409. The van der Waals surface area contributed by atoms with E-state index in [4.69, 9.17) is 4.74 Å². The molecule has 1 aromatic carbocycles. The predicted molar refractivity (Wildman–Crippen MR) is 68.6 cm³/mol. The number of benzene rings is 1. The van der Waals surface area contributed by atoms with Gasteiger partial charge in [0.1, 0.15) is 0 Å². The fourth-order valence-corrected chi connectivity index (χ4v) is 2.33. The molecule has 1 aliphatic heterocycles. The third-order valence-corrected chi connectivity index (χ3v) is 3.33. The summed E-state index contributed by atoms with van der Waals surface area (Å²) in [7, 11) is 1.42. The van der Waals surface area contributed by atoms with Gasteiger partial charge >= 0.3 is 5.97 Å². The van der Waals surface area contributed by atoms with Crippen molar-refractivity contribution in [1.82, 2.24) is 0 Å². The van der Waals surface area contributed by atoms with Gasteiger partial charge in [-0.2, -0.15) is 0 Å². The van der Waals surface area contributed by atoms with E-state index >= 15 is 0 Å². The van der Waals surface area contributed by atoms with Crippen molar-refractivity contribution in [3.8, 4) is 0 Å². The summed E-state index contributed by atoms with van der Waals surface area (Å²) in [6.07, 6.45) is 3.79. The van der Waals surface area contributed by atoms with Gasteiger partial charge in [-0.1, -0.05) is 6.07 Å². The molecule has 0 aliphatic carbocycles. The Morgan fingerprint density at radius 2 is 1.94 bits per heavy atom. The van der Waals surface area contributed by atoms with Crippen molar-refractivity contribution >= 4 is 11.7 Å². The minimum atomic E-state index is -0.261. The number of hydrogen-bond donors (Lipinski definition) is 0. The van der Waals surface area contributed by atoms with Crippen molar-refractivity contribution < 1.29 is 9.53 Å². The maximum atomic E-state index is 11.5. The molecule has 0 aromatic heterocycles. The molecule has 3 nitrogen and oxygen atoms in total. The molecule has 92 valence electrons. The number of carbonyl (C=O) groups is 1. The van der Waals surface area contributed by atoms with Gasteiger partial charge in [-0.3, -0.25) is 0 Å². The van der Waals surface area contributed by atoms with Gasteiger partial charge in [0.05, 0.1) is 12.7 Å². The van der Waals surface area contributed by atoms with Crippen LogP contribution in [0.3, 0.4) is 0 Å². The summed E-state index contributed by atoms with van der Waals surface area (Å²) in [5.41, 5.74) is 3.03. The van der Waals surface area contributed by atoms with Crippen LogP contribution in [0, 0.1) is 6.92 Å². The average Bonchev–Trinajstić information content (AvgIpc) is 2.39. The van der Waals surface area contributed by atoms with Gasteiger partial charge in [0.2, 0.25) is 0 Å². The van der Waals surface area contributed by atoms with Crippen LogP contribution in [0.15, 0.2) is 18.2 Å². The summed E-state index contributed by atoms with van der Waals surface area (Å²) in [4.78, 5) is 13.9. The highest BCUT2D eigenvalue weighted by Gasteiger charge is 2.15. The molecule has 0 spiro atoms. The number of piperidine rings is 1. The standard InChI is InChI=1S/C14H19NO2/c1-11-6-7-12(14(16)17-2)10-13(11)15-8-4-3-5-9-15/h6-7,10H,3-5,8-9H2,1-2H3. The number of esters is 1. The van der Waals surface area contributed by atoms with E-state index in [0.29, 0.717) is 5.56 Å². The summed E-state index contributed by atoms with van der Waals surface area (Å²) in [6, 6.07) is 5.78. The molecular weight excluding hydrogens is 214 g/mol. The normalized spacial score (nSPS) is 15.8. The number of hydrogen-bond acceptors (Lipinski definition) is 3. The van der Waals surface area contributed by atoms with E-state index in [-0.39, 0.29) is 5.97 Å². The van der Waals surface area contributed by atoms with Crippen LogP contribution in [-0.2, 0) is 4.74 Å². The molecule has 1 aliphatic rings. The van der Waals surface area contributed by atoms with Gasteiger partial charge in [-0.05, 0) is 43.9 Å². The van der Waals surface area contributed by atoms with E-state index in [1.54, 1.807) is 0 Å². The number of rotatable bonds is 2. The average molecular weight is 233 g/mol. The van der Waals surface area contributed by atoms with Gasteiger partial charge in [-0.25, -0.2) is 4.79 Å². The Hall–Kier alpha value is -1.51. The van der Waals surface area contributed by atoms with Crippen LogP contribution in [0.5, 0.6) is 0 Å². The lowest BCUT2D eigenvalue weighted by molar-refractivity contribution is 0.0601. The van der Waals surface area contributed by atoms with Gasteiger partial charge < -0.3 is 9.64 Å². The highest BCUT2D eigenvalue weighted by Crippen LogP contribution is 2.25. The molecule has 1 saturated heterocycles. The fraction of sp³-hybridized carbons (Fsp3) is 0.500. The van der Waals surface area contributed by atoms with E-state index < -0.39 is 0 Å². The third-order valence-electron chi connectivity index (χ3n) is 3.33. The highest BCUT2D eigenvalue weighted by molar-refractivity contribution is 5.90. The van der Waals surface area contributed by atoms with E-state index in [1.807, 2.05) is 18.2 Å². The SMILES string of the molecule is COC(=O)c1ccc(C)c(N2CCCCC2)c1. The van der Waals surface area contributed by atoms with Crippen LogP contribution in [0.2, 0.25) is 0 Å². The van der Waals surface area contributed by atoms with Gasteiger partial charge in [0, 0.05) is 18.8 Å².